The summed E-state index contributed by atoms with van der Waals surface area (Å²) in [5.74, 6) is 0.852. The van der Waals surface area contributed by atoms with Crippen LogP contribution in [0.4, 0.5) is 5.69 Å². The number of halogens is 1. The van der Waals surface area contributed by atoms with E-state index in [1.54, 1.807) is 25.6 Å². The summed E-state index contributed by atoms with van der Waals surface area (Å²) in [4.78, 5) is 4.05. The standard InChI is InChI=1S/C14H15ClN2O/c1-10(11-3-5-12(18-2)6-4-11)17-14-9-16-8-7-13(14)15/h3-10,17H,1-2H3. The quantitative estimate of drug-likeness (QED) is 0.907. The number of benzene rings is 1. The lowest BCUT2D eigenvalue weighted by molar-refractivity contribution is 0.414. The number of nitrogens with zero attached hydrogens (tertiary/aromatic N) is 1. The largest absolute Gasteiger partial charge is 0.497 e. The molecule has 0 amide bonds. The fourth-order valence-corrected chi connectivity index (χ4v) is 1.85. The Kier molecular flexibility index (Phi) is 4.05. The van der Waals surface area contributed by atoms with Crippen molar-refractivity contribution in [1.82, 2.24) is 4.98 Å². The first kappa shape index (κ1) is 12.7. The van der Waals surface area contributed by atoms with Gasteiger partial charge in [0.05, 0.1) is 24.0 Å². The van der Waals surface area contributed by atoms with Gasteiger partial charge in [0.1, 0.15) is 5.75 Å². The minimum Gasteiger partial charge on any atom is -0.497 e. The van der Waals surface area contributed by atoms with Crippen LogP contribution in [0.5, 0.6) is 5.75 Å². The van der Waals surface area contributed by atoms with Crippen molar-refractivity contribution in [2.45, 2.75) is 13.0 Å². The van der Waals surface area contributed by atoms with Crippen LogP contribution in [0.25, 0.3) is 0 Å². The van der Waals surface area contributed by atoms with Crippen molar-refractivity contribution in [1.29, 1.82) is 0 Å². The predicted octanol–water partition coefficient (Wildman–Crippen LogP) is 3.92. The van der Waals surface area contributed by atoms with Gasteiger partial charge in [-0.15, -0.1) is 0 Å². The summed E-state index contributed by atoms with van der Waals surface area (Å²) in [7, 11) is 1.66. The van der Waals surface area contributed by atoms with Crippen LogP contribution in [0, 0.1) is 0 Å². The van der Waals surface area contributed by atoms with E-state index in [0.717, 1.165) is 17.0 Å². The van der Waals surface area contributed by atoms with Crippen LogP contribution in [0.2, 0.25) is 5.02 Å². The number of ether oxygens (including phenoxy) is 1. The van der Waals surface area contributed by atoms with Crippen molar-refractivity contribution in [2.24, 2.45) is 0 Å². The number of anilines is 1. The van der Waals surface area contributed by atoms with Crippen molar-refractivity contribution in [3.05, 3.63) is 53.3 Å². The zero-order valence-electron chi connectivity index (χ0n) is 10.4. The number of methoxy groups -OCH3 is 1. The molecule has 0 aliphatic rings. The van der Waals surface area contributed by atoms with Crippen LogP contribution in [0.15, 0.2) is 42.7 Å². The number of nitrogens with one attached hydrogen (secondary N) is 1. The Bertz CT molecular complexity index is 513. The molecule has 0 saturated heterocycles. The highest BCUT2D eigenvalue weighted by molar-refractivity contribution is 6.33. The number of hydrogen-bond acceptors (Lipinski definition) is 3. The van der Waals surface area contributed by atoms with E-state index in [-0.39, 0.29) is 6.04 Å². The van der Waals surface area contributed by atoms with Gasteiger partial charge in [0.25, 0.3) is 0 Å². The summed E-state index contributed by atoms with van der Waals surface area (Å²) >= 11 is 6.08. The minimum absolute atomic E-state index is 0.151. The molecule has 1 unspecified atom stereocenters. The summed E-state index contributed by atoms with van der Waals surface area (Å²) in [5, 5.41) is 4.00. The van der Waals surface area contributed by atoms with E-state index in [9.17, 15) is 0 Å². The Morgan fingerprint density at radius 2 is 1.94 bits per heavy atom. The molecule has 2 rings (SSSR count). The molecule has 0 radical (unpaired) electrons. The molecule has 1 N–H and O–H groups in total. The van der Waals surface area contributed by atoms with E-state index in [1.165, 1.54) is 0 Å². The third kappa shape index (κ3) is 2.93. The van der Waals surface area contributed by atoms with Crippen LogP contribution in [-0.4, -0.2) is 12.1 Å². The molecule has 1 heterocycles. The second-order valence-corrected chi connectivity index (χ2v) is 4.40. The van der Waals surface area contributed by atoms with Gasteiger partial charge in [-0.2, -0.15) is 0 Å². The molecule has 1 aromatic carbocycles. The molecular formula is C14H15ClN2O. The molecule has 0 bridgehead atoms. The Balaban J connectivity index is 2.11. The lowest BCUT2D eigenvalue weighted by Gasteiger charge is -2.16. The molecule has 0 spiro atoms. The SMILES string of the molecule is COc1ccc(C(C)Nc2cnccc2Cl)cc1. The first-order valence-corrected chi connectivity index (χ1v) is 6.08. The molecule has 1 atom stereocenters. The van der Waals surface area contributed by atoms with Gasteiger partial charge in [-0.1, -0.05) is 23.7 Å². The van der Waals surface area contributed by atoms with E-state index in [0.29, 0.717) is 5.02 Å². The van der Waals surface area contributed by atoms with Gasteiger partial charge < -0.3 is 10.1 Å². The molecule has 2 aromatic rings. The third-order valence-electron chi connectivity index (χ3n) is 2.76. The van der Waals surface area contributed by atoms with Crippen molar-refractivity contribution >= 4 is 17.3 Å². The zero-order valence-corrected chi connectivity index (χ0v) is 11.1. The van der Waals surface area contributed by atoms with Gasteiger partial charge in [-0.05, 0) is 30.7 Å². The van der Waals surface area contributed by atoms with Crippen LogP contribution in [0.3, 0.4) is 0 Å². The van der Waals surface area contributed by atoms with E-state index >= 15 is 0 Å². The first-order chi connectivity index (χ1) is 8.70. The van der Waals surface area contributed by atoms with E-state index in [4.69, 9.17) is 16.3 Å². The molecule has 4 heteroatoms. The van der Waals surface area contributed by atoms with Crippen molar-refractivity contribution in [3.63, 3.8) is 0 Å². The highest BCUT2D eigenvalue weighted by Crippen LogP contribution is 2.25. The molecule has 0 fully saturated rings. The number of aromatic nitrogens is 1. The average molecular weight is 263 g/mol. The smallest absolute Gasteiger partial charge is 0.118 e. The maximum Gasteiger partial charge on any atom is 0.118 e. The first-order valence-electron chi connectivity index (χ1n) is 5.70. The van der Waals surface area contributed by atoms with Crippen LogP contribution < -0.4 is 10.1 Å². The molecule has 0 saturated carbocycles. The van der Waals surface area contributed by atoms with Crippen molar-refractivity contribution in [2.75, 3.05) is 12.4 Å². The van der Waals surface area contributed by atoms with Gasteiger partial charge in [0, 0.05) is 12.2 Å². The monoisotopic (exact) mass is 262 g/mol. The predicted molar refractivity (Wildman–Crippen MR) is 74.3 cm³/mol. The molecule has 0 aliphatic carbocycles. The fraction of sp³-hybridized carbons (Fsp3) is 0.214. The highest BCUT2D eigenvalue weighted by Gasteiger charge is 2.07. The lowest BCUT2D eigenvalue weighted by Crippen LogP contribution is -2.07. The maximum atomic E-state index is 6.08. The summed E-state index contributed by atoms with van der Waals surface area (Å²) in [5.41, 5.74) is 2.00. The Morgan fingerprint density at radius 3 is 2.56 bits per heavy atom. The van der Waals surface area contributed by atoms with Crippen molar-refractivity contribution in [3.8, 4) is 5.75 Å². The highest BCUT2D eigenvalue weighted by atomic mass is 35.5. The molecule has 94 valence electrons. The summed E-state index contributed by atoms with van der Waals surface area (Å²) in [6, 6.07) is 9.86. The third-order valence-corrected chi connectivity index (χ3v) is 3.09. The van der Waals surface area contributed by atoms with Crippen LogP contribution in [0.1, 0.15) is 18.5 Å². The second-order valence-electron chi connectivity index (χ2n) is 3.99. The molecule has 0 aliphatic heterocycles. The Hall–Kier alpha value is -1.74. The maximum absolute atomic E-state index is 6.08. The van der Waals surface area contributed by atoms with Gasteiger partial charge in [0.2, 0.25) is 0 Å². The zero-order chi connectivity index (χ0) is 13.0. The summed E-state index contributed by atoms with van der Waals surface area (Å²) < 4.78 is 5.13. The fourth-order valence-electron chi connectivity index (χ4n) is 1.69. The van der Waals surface area contributed by atoms with E-state index < -0.39 is 0 Å². The molecule has 18 heavy (non-hydrogen) atoms. The van der Waals surface area contributed by atoms with Gasteiger partial charge in [-0.3, -0.25) is 4.98 Å². The van der Waals surface area contributed by atoms with Crippen LogP contribution in [-0.2, 0) is 0 Å². The van der Waals surface area contributed by atoms with E-state index in [1.807, 2.05) is 24.3 Å². The number of rotatable bonds is 4. The van der Waals surface area contributed by atoms with Crippen LogP contribution >= 0.6 is 11.6 Å². The molecular weight excluding hydrogens is 248 g/mol. The average Bonchev–Trinajstić information content (AvgIpc) is 2.41. The number of pyridine rings is 1. The second kappa shape index (κ2) is 5.74. The summed E-state index contributed by atoms with van der Waals surface area (Å²) in [6.07, 6.45) is 3.40. The normalized spacial score (nSPS) is 11.9. The lowest BCUT2D eigenvalue weighted by atomic mass is 10.1. The van der Waals surface area contributed by atoms with Gasteiger partial charge >= 0.3 is 0 Å². The summed E-state index contributed by atoms with van der Waals surface area (Å²) in [6.45, 7) is 2.07. The topological polar surface area (TPSA) is 34.1 Å². The minimum atomic E-state index is 0.151. The van der Waals surface area contributed by atoms with Crippen molar-refractivity contribution < 1.29 is 4.74 Å². The Morgan fingerprint density at radius 1 is 1.22 bits per heavy atom. The van der Waals surface area contributed by atoms with Gasteiger partial charge in [-0.25, -0.2) is 0 Å². The molecule has 1 aromatic heterocycles. The number of hydrogen-bond donors (Lipinski definition) is 1. The van der Waals surface area contributed by atoms with Gasteiger partial charge in [0.15, 0.2) is 0 Å². The Labute approximate surface area is 112 Å². The molecule has 3 nitrogen and oxygen atoms in total. The van der Waals surface area contributed by atoms with E-state index in [2.05, 4.69) is 17.2 Å².